The maximum atomic E-state index is 10.9. The number of pyridine rings is 1. The van der Waals surface area contributed by atoms with Crippen LogP contribution in [0.1, 0.15) is 10.5 Å². The average molecular weight is 256 g/mol. The highest BCUT2D eigenvalue weighted by Crippen LogP contribution is 2.27. The second-order valence-corrected chi connectivity index (χ2v) is 4.42. The van der Waals surface area contributed by atoms with Gasteiger partial charge in [0.05, 0.1) is 11.2 Å². The topological polar surface area (TPSA) is 63.1 Å². The van der Waals surface area contributed by atoms with Gasteiger partial charge < -0.3 is 5.11 Å². The number of hydrogen-bond acceptors (Lipinski definition) is 4. The van der Waals surface area contributed by atoms with E-state index in [-0.39, 0.29) is 5.69 Å². The van der Waals surface area contributed by atoms with E-state index < -0.39 is 5.97 Å². The van der Waals surface area contributed by atoms with Crippen LogP contribution in [0.15, 0.2) is 41.8 Å². The number of carboxylic acids is 1. The molecule has 3 rings (SSSR count). The molecular formula is C13H8N2O2S. The first kappa shape index (κ1) is 10.9. The van der Waals surface area contributed by atoms with E-state index in [4.69, 9.17) is 5.11 Å². The first-order valence-electron chi connectivity index (χ1n) is 5.29. The van der Waals surface area contributed by atoms with Gasteiger partial charge in [-0.15, -0.1) is 0 Å². The molecule has 0 radical (unpaired) electrons. The molecule has 18 heavy (non-hydrogen) atoms. The molecule has 88 valence electrons. The Kier molecular flexibility index (Phi) is 2.53. The molecule has 0 aliphatic heterocycles. The molecule has 0 amide bonds. The van der Waals surface area contributed by atoms with Crippen LogP contribution in [0.4, 0.5) is 0 Å². The van der Waals surface area contributed by atoms with Crippen LogP contribution in [0.2, 0.25) is 0 Å². The number of aromatic carboxylic acids is 1. The minimum absolute atomic E-state index is 0.0536. The van der Waals surface area contributed by atoms with E-state index in [1.807, 2.05) is 23.6 Å². The van der Waals surface area contributed by atoms with E-state index in [0.29, 0.717) is 5.52 Å². The number of rotatable bonds is 2. The third-order valence-electron chi connectivity index (χ3n) is 2.66. The van der Waals surface area contributed by atoms with Crippen LogP contribution in [0.3, 0.4) is 0 Å². The largest absolute Gasteiger partial charge is 0.477 e. The van der Waals surface area contributed by atoms with Gasteiger partial charge in [-0.05, 0) is 35.8 Å². The van der Waals surface area contributed by atoms with Gasteiger partial charge in [0.15, 0.2) is 0 Å². The van der Waals surface area contributed by atoms with Gasteiger partial charge in [-0.3, -0.25) is 0 Å². The Hall–Kier alpha value is -2.27. The molecule has 2 aromatic heterocycles. The van der Waals surface area contributed by atoms with E-state index in [1.54, 1.807) is 12.1 Å². The van der Waals surface area contributed by atoms with E-state index in [2.05, 4.69) is 9.36 Å². The van der Waals surface area contributed by atoms with Crippen molar-refractivity contribution in [2.24, 2.45) is 0 Å². The van der Waals surface area contributed by atoms with Crippen LogP contribution in [-0.4, -0.2) is 20.4 Å². The number of carbonyl (C=O) groups is 1. The third kappa shape index (κ3) is 1.74. The Balaban J connectivity index is 2.26. The second kappa shape index (κ2) is 4.19. The summed E-state index contributed by atoms with van der Waals surface area (Å²) in [5.74, 6) is -1.02. The van der Waals surface area contributed by atoms with Gasteiger partial charge in [0.1, 0.15) is 5.69 Å². The quantitative estimate of drug-likeness (QED) is 0.765. The maximum absolute atomic E-state index is 10.9. The van der Waals surface area contributed by atoms with Crippen LogP contribution in [0, 0.1) is 0 Å². The molecule has 0 spiro atoms. The zero-order valence-corrected chi connectivity index (χ0v) is 10.0. The Bertz CT molecular complexity index is 723. The number of carboxylic acid groups (broad SMARTS) is 1. The second-order valence-electron chi connectivity index (χ2n) is 3.76. The van der Waals surface area contributed by atoms with Gasteiger partial charge in [0.2, 0.25) is 0 Å². The van der Waals surface area contributed by atoms with Crippen molar-refractivity contribution in [3.05, 3.63) is 47.5 Å². The minimum Gasteiger partial charge on any atom is -0.477 e. The van der Waals surface area contributed by atoms with E-state index in [0.717, 1.165) is 16.6 Å². The van der Waals surface area contributed by atoms with Crippen molar-refractivity contribution >= 4 is 28.4 Å². The van der Waals surface area contributed by atoms with Gasteiger partial charge in [-0.2, -0.15) is 4.37 Å². The van der Waals surface area contributed by atoms with E-state index in [1.165, 1.54) is 17.6 Å². The number of hydrogen-bond donors (Lipinski definition) is 1. The SMILES string of the molecule is O=C(O)c1ccc2c(-c3ccsn3)cccc2n1. The van der Waals surface area contributed by atoms with Crippen molar-refractivity contribution in [3.63, 3.8) is 0 Å². The van der Waals surface area contributed by atoms with Crippen LogP contribution >= 0.6 is 11.5 Å². The van der Waals surface area contributed by atoms with E-state index >= 15 is 0 Å². The maximum Gasteiger partial charge on any atom is 0.354 e. The lowest BCUT2D eigenvalue weighted by Crippen LogP contribution is -1.99. The molecular weight excluding hydrogens is 248 g/mol. The lowest BCUT2D eigenvalue weighted by atomic mass is 10.1. The third-order valence-corrected chi connectivity index (χ3v) is 3.22. The first-order valence-corrected chi connectivity index (χ1v) is 6.13. The predicted octanol–water partition coefficient (Wildman–Crippen LogP) is 3.06. The van der Waals surface area contributed by atoms with Gasteiger partial charge in [0.25, 0.3) is 0 Å². The number of benzene rings is 1. The van der Waals surface area contributed by atoms with Crippen LogP contribution < -0.4 is 0 Å². The Morgan fingerprint density at radius 2 is 2.06 bits per heavy atom. The molecule has 0 saturated carbocycles. The van der Waals surface area contributed by atoms with Crippen molar-refractivity contribution in [1.29, 1.82) is 0 Å². The summed E-state index contributed by atoms with van der Waals surface area (Å²) < 4.78 is 4.29. The van der Waals surface area contributed by atoms with Crippen molar-refractivity contribution in [3.8, 4) is 11.3 Å². The molecule has 1 aromatic carbocycles. The number of aromatic nitrogens is 2. The molecule has 0 aliphatic carbocycles. The molecule has 1 N–H and O–H groups in total. The van der Waals surface area contributed by atoms with Crippen molar-refractivity contribution in [1.82, 2.24) is 9.36 Å². The zero-order chi connectivity index (χ0) is 12.5. The monoisotopic (exact) mass is 256 g/mol. The molecule has 0 atom stereocenters. The number of fused-ring (bicyclic) bond motifs is 1. The lowest BCUT2D eigenvalue weighted by molar-refractivity contribution is 0.0691. The molecule has 2 heterocycles. The smallest absolute Gasteiger partial charge is 0.354 e. The number of nitrogens with zero attached hydrogens (tertiary/aromatic N) is 2. The molecule has 0 fully saturated rings. The summed E-state index contributed by atoms with van der Waals surface area (Å²) in [6, 6.07) is 10.8. The summed E-state index contributed by atoms with van der Waals surface area (Å²) in [5, 5.41) is 11.7. The highest BCUT2D eigenvalue weighted by Gasteiger charge is 2.09. The van der Waals surface area contributed by atoms with Crippen molar-refractivity contribution in [2.45, 2.75) is 0 Å². The average Bonchev–Trinajstić information content (AvgIpc) is 2.91. The Morgan fingerprint density at radius 3 is 2.78 bits per heavy atom. The first-order chi connectivity index (χ1) is 8.75. The lowest BCUT2D eigenvalue weighted by Gasteiger charge is -2.04. The Labute approximate surface area is 107 Å². The van der Waals surface area contributed by atoms with Crippen LogP contribution in [0.25, 0.3) is 22.2 Å². The van der Waals surface area contributed by atoms with Crippen LogP contribution in [0.5, 0.6) is 0 Å². The zero-order valence-electron chi connectivity index (χ0n) is 9.20. The summed E-state index contributed by atoms with van der Waals surface area (Å²) in [4.78, 5) is 15.0. The summed E-state index contributed by atoms with van der Waals surface area (Å²) in [7, 11) is 0. The molecule has 3 aromatic rings. The molecule has 0 unspecified atom stereocenters. The van der Waals surface area contributed by atoms with Crippen LogP contribution in [-0.2, 0) is 0 Å². The van der Waals surface area contributed by atoms with Crippen molar-refractivity contribution in [2.75, 3.05) is 0 Å². The Morgan fingerprint density at radius 1 is 1.17 bits per heavy atom. The fraction of sp³-hybridized carbons (Fsp3) is 0. The van der Waals surface area contributed by atoms with Crippen molar-refractivity contribution < 1.29 is 9.90 Å². The summed E-state index contributed by atoms with van der Waals surface area (Å²) in [5.41, 5.74) is 2.58. The summed E-state index contributed by atoms with van der Waals surface area (Å²) in [6.07, 6.45) is 0. The highest BCUT2D eigenvalue weighted by atomic mass is 32.1. The summed E-state index contributed by atoms with van der Waals surface area (Å²) >= 11 is 1.39. The van der Waals surface area contributed by atoms with Gasteiger partial charge >= 0.3 is 5.97 Å². The van der Waals surface area contributed by atoms with Gasteiger partial charge in [-0.1, -0.05) is 12.1 Å². The standard InChI is InChI=1S/C13H8N2O2S/c16-13(17)12-5-4-9-8(11-6-7-18-15-11)2-1-3-10(9)14-12/h1-7H,(H,16,17). The van der Waals surface area contributed by atoms with E-state index in [9.17, 15) is 4.79 Å². The van der Waals surface area contributed by atoms with Gasteiger partial charge in [0, 0.05) is 16.3 Å². The molecule has 0 aliphatic rings. The fourth-order valence-corrected chi connectivity index (χ4v) is 2.37. The normalized spacial score (nSPS) is 10.7. The molecule has 0 saturated heterocycles. The highest BCUT2D eigenvalue weighted by molar-refractivity contribution is 7.03. The minimum atomic E-state index is -1.02. The fourth-order valence-electron chi connectivity index (χ4n) is 1.85. The molecule has 5 heteroatoms. The summed E-state index contributed by atoms with van der Waals surface area (Å²) in [6.45, 7) is 0. The predicted molar refractivity (Wildman–Crippen MR) is 69.8 cm³/mol. The molecule has 4 nitrogen and oxygen atoms in total. The van der Waals surface area contributed by atoms with Gasteiger partial charge in [-0.25, -0.2) is 9.78 Å². The molecule has 0 bridgehead atoms.